The first kappa shape index (κ1) is 19.8. The Kier molecular flexibility index (Phi) is 6.13. The van der Waals surface area contributed by atoms with Crippen LogP contribution in [0.3, 0.4) is 0 Å². The van der Waals surface area contributed by atoms with E-state index in [9.17, 15) is 18.0 Å². The lowest BCUT2D eigenvalue weighted by molar-refractivity contribution is -0.125. The van der Waals surface area contributed by atoms with Crippen LogP contribution in [-0.4, -0.2) is 56.5 Å². The smallest absolute Gasteiger partial charge is 0.321 e. The van der Waals surface area contributed by atoms with Crippen LogP contribution in [0, 0.1) is 0 Å². The minimum atomic E-state index is -3.54. The van der Waals surface area contributed by atoms with E-state index in [1.54, 1.807) is 37.3 Å². The zero-order chi connectivity index (χ0) is 19.4. The fourth-order valence-corrected chi connectivity index (χ4v) is 4.45. The summed E-state index contributed by atoms with van der Waals surface area (Å²) in [4.78, 5) is 26.1. The van der Waals surface area contributed by atoms with Crippen LogP contribution in [0.15, 0.2) is 35.2 Å². The Balaban J connectivity index is 1.46. The van der Waals surface area contributed by atoms with Crippen molar-refractivity contribution < 1.29 is 18.0 Å². The summed E-state index contributed by atoms with van der Waals surface area (Å²) in [5.41, 5.74) is 0. The van der Waals surface area contributed by atoms with Crippen molar-refractivity contribution in [2.45, 2.75) is 55.6 Å². The van der Waals surface area contributed by atoms with Gasteiger partial charge < -0.3 is 5.32 Å². The molecule has 1 aromatic carbocycles. The molecule has 148 valence electrons. The number of nitrogens with zero attached hydrogens (tertiary/aromatic N) is 1. The minimum Gasteiger partial charge on any atom is -0.335 e. The number of sulfonamides is 1. The van der Waals surface area contributed by atoms with Crippen LogP contribution in [0.5, 0.6) is 0 Å². The normalized spacial score (nSPS) is 20.0. The molecule has 1 saturated heterocycles. The van der Waals surface area contributed by atoms with Crippen LogP contribution in [0.4, 0.5) is 4.79 Å². The highest BCUT2D eigenvalue weighted by molar-refractivity contribution is 7.89. The van der Waals surface area contributed by atoms with Gasteiger partial charge in [-0.05, 0) is 44.7 Å². The maximum absolute atomic E-state index is 12.4. The number of carbonyl (C=O) groups is 2. The van der Waals surface area contributed by atoms with E-state index < -0.39 is 22.1 Å². The van der Waals surface area contributed by atoms with Gasteiger partial charge in [0.25, 0.3) is 0 Å². The Morgan fingerprint density at radius 1 is 1.04 bits per heavy atom. The molecule has 0 aromatic heterocycles. The maximum atomic E-state index is 12.4. The minimum absolute atomic E-state index is 0.167. The second-order valence-electron chi connectivity index (χ2n) is 7.16. The molecule has 1 atom stereocenters. The van der Waals surface area contributed by atoms with Crippen LogP contribution in [0.25, 0.3) is 0 Å². The van der Waals surface area contributed by atoms with Gasteiger partial charge in [0.1, 0.15) is 0 Å². The Morgan fingerprint density at radius 2 is 1.67 bits per heavy atom. The second-order valence-corrected chi connectivity index (χ2v) is 8.87. The number of rotatable bonds is 6. The highest BCUT2D eigenvalue weighted by Crippen LogP contribution is 2.19. The van der Waals surface area contributed by atoms with E-state index in [4.69, 9.17) is 0 Å². The quantitative estimate of drug-likeness (QED) is 0.662. The molecule has 1 aliphatic carbocycles. The van der Waals surface area contributed by atoms with Gasteiger partial charge >= 0.3 is 6.03 Å². The van der Waals surface area contributed by atoms with Gasteiger partial charge in [0.15, 0.2) is 0 Å². The predicted octanol–water partition coefficient (Wildman–Crippen LogP) is 0.806. The number of hydrogen-bond acceptors (Lipinski definition) is 5. The van der Waals surface area contributed by atoms with Crippen LogP contribution in [0.1, 0.15) is 32.6 Å². The van der Waals surface area contributed by atoms with E-state index >= 15 is 0 Å². The molecule has 9 heteroatoms. The van der Waals surface area contributed by atoms with Crippen LogP contribution in [-0.2, 0) is 14.8 Å². The molecule has 2 aliphatic rings. The summed E-state index contributed by atoms with van der Waals surface area (Å²) >= 11 is 0. The van der Waals surface area contributed by atoms with Crippen LogP contribution in [0.2, 0.25) is 0 Å². The number of nitrogens with one attached hydrogen (secondary N) is 3. The van der Waals surface area contributed by atoms with Gasteiger partial charge in [-0.15, -0.1) is 0 Å². The van der Waals surface area contributed by atoms with E-state index in [0.717, 1.165) is 12.8 Å². The van der Waals surface area contributed by atoms with E-state index in [1.165, 1.54) is 0 Å². The van der Waals surface area contributed by atoms with Crippen molar-refractivity contribution in [2.75, 3.05) is 13.1 Å². The lowest BCUT2D eigenvalue weighted by Gasteiger charge is -2.35. The first-order valence-corrected chi connectivity index (χ1v) is 10.8. The Bertz CT molecular complexity index is 772. The lowest BCUT2D eigenvalue weighted by Crippen LogP contribution is -2.53. The third-order valence-corrected chi connectivity index (χ3v) is 6.52. The number of benzene rings is 1. The van der Waals surface area contributed by atoms with Crippen molar-refractivity contribution in [1.29, 1.82) is 0 Å². The first-order chi connectivity index (χ1) is 12.8. The molecule has 0 unspecified atom stereocenters. The average Bonchev–Trinajstić information content (AvgIpc) is 3.46. The van der Waals surface area contributed by atoms with Gasteiger partial charge in [-0.3, -0.25) is 15.0 Å². The van der Waals surface area contributed by atoms with Crippen LogP contribution < -0.4 is 15.4 Å². The highest BCUT2D eigenvalue weighted by Gasteiger charge is 2.30. The zero-order valence-corrected chi connectivity index (χ0v) is 16.2. The molecular weight excluding hydrogens is 368 g/mol. The number of likely N-dealkylation sites (tertiary alicyclic amines) is 1. The molecule has 27 heavy (non-hydrogen) atoms. The lowest BCUT2D eigenvalue weighted by atomic mass is 10.0. The monoisotopic (exact) mass is 394 g/mol. The summed E-state index contributed by atoms with van der Waals surface area (Å²) in [5.74, 6) is -0.337. The molecule has 0 spiro atoms. The van der Waals surface area contributed by atoms with Gasteiger partial charge in [-0.25, -0.2) is 17.9 Å². The van der Waals surface area contributed by atoms with Crippen molar-refractivity contribution in [2.24, 2.45) is 0 Å². The molecule has 3 amide bonds. The fourth-order valence-electron chi connectivity index (χ4n) is 3.12. The highest BCUT2D eigenvalue weighted by atomic mass is 32.2. The summed E-state index contributed by atoms with van der Waals surface area (Å²) < 4.78 is 27.6. The van der Waals surface area contributed by atoms with E-state index in [1.807, 2.05) is 4.90 Å². The molecule has 1 aromatic rings. The third-order valence-electron chi connectivity index (χ3n) is 4.98. The number of piperidine rings is 1. The molecule has 1 aliphatic heterocycles. The molecule has 2 fully saturated rings. The number of carbonyl (C=O) groups excluding carboxylic acids is 2. The van der Waals surface area contributed by atoms with Gasteiger partial charge in [-0.2, -0.15) is 0 Å². The first-order valence-electron chi connectivity index (χ1n) is 9.28. The molecule has 1 saturated carbocycles. The molecule has 8 nitrogen and oxygen atoms in total. The van der Waals surface area contributed by atoms with Gasteiger partial charge in [-0.1, -0.05) is 18.2 Å². The van der Waals surface area contributed by atoms with E-state index in [0.29, 0.717) is 25.9 Å². The topological polar surface area (TPSA) is 108 Å². The van der Waals surface area contributed by atoms with Crippen LogP contribution >= 0.6 is 0 Å². The summed E-state index contributed by atoms with van der Waals surface area (Å²) in [5, 5.41) is 5.10. The number of imide groups is 1. The van der Waals surface area contributed by atoms with Gasteiger partial charge in [0, 0.05) is 25.2 Å². The predicted molar refractivity (Wildman–Crippen MR) is 101 cm³/mol. The zero-order valence-electron chi connectivity index (χ0n) is 15.3. The van der Waals surface area contributed by atoms with Crippen molar-refractivity contribution in [3.63, 3.8) is 0 Å². The Hall–Kier alpha value is -1.97. The van der Waals surface area contributed by atoms with Gasteiger partial charge in [0.05, 0.1) is 10.9 Å². The summed E-state index contributed by atoms with van der Waals surface area (Å²) in [6.07, 6.45) is 3.14. The number of amides is 3. The standard InChI is InChI=1S/C18H26N4O4S/c1-13(17(23)20-18(24)19-14-7-8-14)22-11-9-15(10-12-22)21-27(25,26)16-5-3-2-4-6-16/h2-6,13-15,21H,7-12H2,1H3,(H2,19,20,23,24)/t13-/m0/s1. The third kappa shape index (κ3) is 5.50. The summed E-state index contributed by atoms with van der Waals surface area (Å²) in [6, 6.07) is 7.43. The molecule has 1 heterocycles. The SMILES string of the molecule is C[C@@H](C(=O)NC(=O)NC1CC1)N1CCC(NS(=O)(=O)c2ccccc2)CC1. The second kappa shape index (κ2) is 8.37. The molecular formula is C18H26N4O4S. The van der Waals surface area contributed by atoms with Crippen molar-refractivity contribution >= 4 is 22.0 Å². The van der Waals surface area contributed by atoms with Gasteiger partial charge in [0.2, 0.25) is 15.9 Å². The number of urea groups is 1. The average molecular weight is 394 g/mol. The molecule has 3 rings (SSSR count). The Morgan fingerprint density at radius 3 is 2.26 bits per heavy atom. The molecule has 0 bridgehead atoms. The Labute approximate surface area is 159 Å². The summed E-state index contributed by atoms with van der Waals surface area (Å²) in [6.45, 7) is 2.93. The van der Waals surface area contributed by atoms with Crippen molar-refractivity contribution in [3.05, 3.63) is 30.3 Å². The number of hydrogen-bond donors (Lipinski definition) is 3. The van der Waals surface area contributed by atoms with E-state index in [2.05, 4.69) is 15.4 Å². The van der Waals surface area contributed by atoms with Crippen molar-refractivity contribution in [3.8, 4) is 0 Å². The van der Waals surface area contributed by atoms with E-state index in [-0.39, 0.29) is 22.9 Å². The fraction of sp³-hybridized carbons (Fsp3) is 0.556. The summed E-state index contributed by atoms with van der Waals surface area (Å²) in [7, 11) is -3.54. The molecule has 0 radical (unpaired) electrons. The largest absolute Gasteiger partial charge is 0.335 e. The molecule has 3 N–H and O–H groups in total. The van der Waals surface area contributed by atoms with Crippen molar-refractivity contribution in [1.82, 2.24) is 20.3 Å². The maximum Gasteiger partial charge on any atom is 0.321 e.